The fraction of sp³-hybridized carbons (Fsp3) is 0.159. The zero-order valence-corrected chi connectivity index (χ0v) is 71.1. The van der Waals surface area contributed by atoms with E-state index in [-0.39, 0.29) is 11.8 Å². The number of thiophene rings is 15. The molecule has 0 aliphatic heterocycles. The second-order valence-electron chi connectivity index (χ2n) is 21.4. The summed E-state index contributed by atoms with van der Waals surface area (Å²) in [6.45, 7) is 15.5. The fourth-order valence-electron chi connectivity index (χ4n) is 11.0. The van der Waals surface area contributed by atoms with Gasteiger partial charge in [0.1, 0.15) is 0 Å². The molecular formula is C69H48Br6O2S15. The Hall–Kier alpha value is -1.76. The molecule has 0 bridgehead atoms. The normalized spacial score (nSPS) is 13.0. The van der Waals surface area contributed by atoms with Crippen molar-refractivity contribution in [3.8, 4) is 0 Å². The Morgan fingerprint density at radius 3 is 0.978 bits per heavy atom. The zero-order chi connectivity index (χ0) is 64.4. The maximum Gasteiger partial charge on any atom is 0.152 e. The molecule has 0 saturated heterocycles. The number of halogens is 6. The van der Waals surface area contributed by atoms with Gasteiger partial charge in [-0.2, -0.15) is 0 Å². The Morgan fingerprint density at radius 1 is 0.326 bits per heavy atom. The van der Waals surface area contributed by atoms with Crippen molar-refractivity contribution in [2.45, 2.75) is 72.1 Å². The summed E-state index contributed by atoms with van der Waals surface area (Å²) in [6.07, 6.45) is 1.92. The average Bonchev–Trinajstić information content (AvgIpc) is 1.58. The summed E-state index contributed by atoms with van der Waals surface area (Å²) in [4.78, 5) is 35.5. The first-order chi connectivity index (χ1) is 44.5. The van der Waals surface area contributed by atoms with Gasteiger partial charge in [0.15, 0.2) is 12.6 Å². The monoisotopic (exact) mass is 1860 g/mol. The lowest BCUT2D eigenvalue weighted by molar-refractivity contribution is 0.111. The first kappa shape index (κ1) is 68.8. The van der Waals surface area contributed by atoms with Crippen molar-refractivity contribution in [1.82, 2.24) is 0 Å². The third-order valence-corrected chi connectivity index (χ3v) is 41.9. The lowest BCUT2D eigenvalue weighted by Gasteiger charge is -2.09. The summed E-state index contributed by atoms with van der Waals surface area (Å²) < 4.78 is 23.2. The van der Waals surface area contributed by atoms with Crippen LogP contribution in [0.3, 0.4) is 0 Å². The maximum absolute atomic E-state index is 11.9. The van der Waals surface area contributed by atoms with Gasteiger partial charge in [-0.25, -0.2) is 0 Å². The van der Waals surface area contributed by atoms with E-state index in [0.717, 1.165) is 59.4 Å². The van der Waals surface area contributed by atoms with Crippen LogP contribution in [0.1, 0.15) is 127 Å². The van der Waals surface area contributed by atoms with Crippen LogP contribution in [0.15, 0.2) is 148 Å². The van der Waals surface area contributed by atoms with E-state index in [0.29, 0.717) is 11.8 Å². The highest BCUT2D eigenvalue weighted by atomic mass is 79.9. The molecule has 15 heterocycles. The third kappa shape index (κ3) is 13.2. The molecule has 0 aliphatic carbocycles. The van der Waals surface area contributed by atoms with Gasteiger partial charge in [-0.1, -0.05) is 58.0 Å². The number of rotatable bonds is 10. The topological polar surface area (TPSA) is 34.1 Å². The van der Waals surface area contributed by atoms with Gasteiger partial charge in [-0.3, -0.25) is 9.59 Å². The van der Waals surface area contributed by atoms with Gasteiger partial charge in [0.05, 0.1) is 54.1 Å². The van der Waals surface area contributed by atoms with E-state index in [9.17, 15) is 9.59 Å². The van der Waals surface area contributed by atoms with E-state index >= 15 is 0 Å². The Bertz CT molecular complexity index is 5100. The lowest BCUT2D eigenvalue weighted by Crippen LogP contribution is -1.95. The molecule has 15 aromatic heterocycles. The van der Waals surface area contributed by atoms with Crippen molar-refractivity contribution in [1.29, 1.82) is 0 Å². The first-order valence-corrected chi connectivity index (χ1v) is 45.8. The van der Waals surface area contributed by atoms with Crippen molar-refractivity contribution in [3.63, 3.8) is 0 Å². The van der Waals surface area contributed by atoms with Crippen LogP contribution in [0.25, 0.3) is 77.9 Å². The number of carbonyl (C=O) groups excluding carboxylic acids is 2. The molecule has 0 fully saturated rings. The molecule has 0 saturated carbocycles. The molecular weight excluding hydrogens is 1820 g/mol. The predicted octanol–water partition coefficient (Wildman–Crippen LogP) is 32.3. The van der Waals surface area contributed by atoms with Crippen molar-refractivity contribution in [2.75, 3.05) is 0 Å². The van der Waals surface area contributed by atoms with Crippen LogP contribution >= 0.6 is 266 Å². The summed E-state index contributed by atoms with van der Waals surface area (Å²) in [5.74, 6) is 1.21. The summed E-state index contributed by atoms with van der Waals surface area (Å²) >= 11 is 48.9. The summed E-state index contributed by atoms with van der Waals surface area (Å²) in [6, 6.07) is 30.5. The molecule has 0 spiro atoms. The number of hydrogen-bond acceptors (Lipinski definition) is 17. The molecule has 0 aliphatic rings. The predicted molar refractivity (Wildman–Crippen MR) is 447 cm³/mol. The van der Waals surface area contributed by atoms with Crippen LogP contribution in [-0.4, -0.2) is 12.6 Å². The zero-order valence-electron chi connectivity index (χ0n) is 49.3. The quantitative estimate of drug-likeness (QED) is 0.128. The molecule has 2 aromatic carbocycles. The average molecular weight is 1870 g/mol. The minimum absolute atomic E-state index is 0.164. The van der Waals surface area contributed by atoms with Gasteiger partial charge < -0.3 is 0 Å². The number of fused-ring (bicyclic) bond motifs is 10. The van der Waals surface area contributed by atoms with Crippen molar-refractivity contribution in [3.05, 3.63) is 214 Å². The first-order valence-electron chi connectivity index (χ1n) is 28.3. The van der Waals surface area contributed by atoms with Gasteiger partial charge in [0, 0.05) is 117 Å². The number of carbonyl (C=O) groups is 2. The molecule has 4 atom stereocenters. The van der Waals surface area contributed by atoms with Crippen LogP contribution in [-0.2, 0) is 0 Å². The molecule has 17 rings (SSSR count). The molecule has 4 unspecified atom stereocenters. The largest absolute Gasteiger partial charge is 0.298 e. The Balaban J connectivity index is 0.000000111. The van der Waals surface area contributed by atoms with Gasteiger partial charge in [-0.05, 0) is 231 Å². The maximum atomic E-state index is 11.9. The van der Waals surface area contributed by atoms with E-state index in [4.69, 9.17) is 0 Å². The highest BCUT2D eigenvalue weighted by molar-refractivity contribution is 9.14. The number of aryl methyl sites for hydroxylation is 3. The minimum atomic E-state index is 0.164. The van der Waals surface area contributed by atoms with Gasteiger partial charge in [0.25, 0.3) is 0 Å². The second kappa shape index (κ2) is 29.6. The Morgan fingerprint density at radius 2 is 0.663 bits per heavy atom. The smallest absolute Gasteiger partial charge is 0.152 e. The molecule has 2 nitrogen and oxygen atoms in total. The highest BCUT2D eigenvalue weighted by Crippen LogP contribution is 2.55. The van der Waals surface area contributed by atoms with E-state index in [2.05, 4.69) is 255 Å². The van der Waals surface area contributed by atoms with E-state index < -0.39 is 0 Å². The van der Waals surface area contributed by atoms with Gasteiger partial charge >= 0.3 is 0 Å². The standard InChI is InChI=1S/C20H16O2S4.C20H12S4.C18H14Br2S4.C6Br4S2.C5H6S/c1-11(15-5-3-7-23-15)17-13(9-21)19-20(25-17)14(10-22)18(26-19)12(2)16-6-4-8-24-16;1-9-15-11(3-5-21-15)7-13-17(9)23-20-14-8-12-4-6-22-16(12)10(2)18(14)24-19(13)20;1-9(11-5-3-7-21-11)15-13(19)17-18(23-15)14(20)16(24-17)10(2)12-6-4-8-22-12;7-1-3-4(12-5(1)9)2(8)6(10)11-3;1-5-3-2-4-6-5/h3-12H,1-2H3;3-8H,1-2H3;3-10H,1-2H3;;2-4H,1H3. The molecule has 92 heavy (non-hydrogen) atoms. The third-order valence-electron chi connectivity index (χ3n) is 15.7. The molecule has 468 valence electrons. The Kier molecular flexibility index (Phi) is 22.1. The lowest BCUT2D eigenvalue weighted by atomic mass is 10.0. The Labute approximate surface area is 642 Å². The van der Waals surface area contributed by atoms with E-state index in [1.165, 1.54) is 123 Å². The van der Waals surface area contributed by atoms with Crippen molar-refractivity contribution >= 4 is 356 Å². The minimum Gasteiger partial charge on any atom is -0.298 e. The molecule has 0 amide bonds. The second-order valence-corrected chi connectivity index (χ2v) is 42.4. The molecule has 0 radical (unpaired) electrons. The fourth-order valence-corrected chi connectivity index (χ4v) is 32.6. The van der Waals surface area contributed by atoms with Crippen molar-refractivity contribution < 1.29 is 9.59 Å². The van der Waals surface area contributed by atoms with Crippen molar-refractivity contribution in [2.24, 2.45) is 0 Å². The number of hydrogen-bond donors (Lipinski definition) is 0. The van der Waals surface area contributed by atoms with Gasteiger partial charge in [0.2, 0.25) is 0 Å². The highest BCUT2D eigenvalue weighted by Gasteiger charge is 2.29. The molecule has 17 aromatic rings. The van der Waals surface area contributed by atoms with E-state index in [1.54, 1.807) is 79.4 Å². The molecule has 23 heteroatoms. The van der Waals surface area contributed by atoms with Crippen LogP contribution in [0.4, 0.5) is 0 Å². The van der Waals surface area contributed by atoms with Crippen LogP contribution in [0.5, 0.6) is 0 Å². The van der Waals surface area contributed by atoms with Crippen LogP contribution < -0.4 is 0 Å². The SMILES string of the molecule is Brc1sc2c(Br)c(Br)sc2c1Br.CC(c1cccs1)c1sc2c(Br)c(C(C)c3cccs3)sc2c1Br.CC(c1cccs1)c1sc2c(C=O)c(C(C)c3cccs3)sc2c1C=O.Cc1c2sccc2cc2c1sc1c3cc4ccsc4c(C)c3sc21.Cc1cccs1. The summed E-state index contributed by atoms with van der Waals surface area (Å²) in [7, 11) is 0. The summed E-state index contributed by atoms with van der Waals surface area (Å²) in [5, 5.41) is 20.6. The summed E-state index contributed by atoms with van der Waals surface area (Å²) in [5.41, 5.74) is 4.41. The van der Waals surface area contributed by atoms with Crippen LogP contribution in [0, 0.1) is 20.8 Å². The van der Waals surface area contributed by atoms with E-state index in [1.807, 2.05) is 103 Å². The van der Waals surface area contributed by atoms with Crippen LogP contribution in [0.2, 0.25) is 0 Å². The van der Waals surface area contributed by atoms with Gasteiger partial charge in [-0.15, -0.1) is 170 Å². The number of aldehydes is 2. The molecule has 0 N–H and O–H groups in total. The number of benzene rings is 2.